The fraction of sp³-hybridized carbons (Fsp3) is 0.176. The van der Waals surface area contributed by atoms with Crippen LogP contribution in [-0.2, 0) is 11.0 Å². The molecule has 0 radical (unpaired) electrons. The molecule has 0 atom stereocenters. The standard InChI is InChI=1S/C17H17F3N6O/c1-25-16(23-26(24-25)10-15(21)27)13-7-2-3-8-14(13)22-12-6-4-5-11(9-12)17(18,19)20/h2-9,22,24H,10H2,1H3,(H2,21,27). The second-order valence-corrected chi connectivity index (χ2v) is 5.86. The van der Waals surface area contributed by atoms with Crippen LogP contribution in [0.4, 0.5) is 24.5 Å². The van der Waals surface area contributed by atoms with Crippen molar-refractivity contribution in [3.05, 3.63) is 59.7 Å². The number of hydrazine groups is 2. The summed E-state index contributed by atoms with van der Waals surface area (Å²) in [4.78, 5) is 11.1. The van der Waals surface area contributed by atoms with E-state index in [4.69, 9.17) is 5.73 Å². The number of hydrogen-bond donors (Lipinski definition) is 3. The number of carbonyl (C=O) groups excluding carboxylic acids is 1. The van der Waals surface area contributed by atoms with Gasteiger partial charge < -0.3 is 11.1 Å². The first-order valence-electron chi connectivity index (χ1n) is 7.92. The van der Waals surface area contributed by atoms with Gasteiger partial charge in [0.2, 0.25) is 5.91 Å². The normalized spacial score (nSPS) is 14.3. The molecule has 4 N–H and O–H groups in total. The summed E-state index contributed by atoms with van der Waals surface area (Å²) in [6, 6.07) is 12.0. The summed E-state index contributed by atoms with van der Waals surface area (Å²) in [6.07, 6.45) is -4.42. The molecule has 1 aliphatic heterocycles. The second kappa shape index (κ2) is 7.16. The predicted molar refractivity (Wildman–Crippen MR) is 94.5 cm³/mol. The van der Waals surface area contributed by atoms with Gasteiger partial charge >= 0.3 is 6.18 Å². The van der Waals surface area contributed by atoms with Gasteiger partial charge in [-0.1, -0.05) is 18.2 Å². The summed E-state index contributed by atoms with van der Waals surface area (Å²) in [5.41, 5.74) is 8.76. The van der Waals surface area contributed by atoms with Crippen molar-refractivity contribution in [1.29, 1.82) is 0 Å². The minimum absolute atomic E-state index is 0.128. The highest BCUT2D eigenvalue weighted by atomic mass is 19.4. The molecule has 0 bridgehead atoms. The van der Waals surface area contributed by atoms with Crippen LogP contribution in [0.5, 0.6) is 0 Å². The number of nitrogens with one attached hydrogen (secondary N) is 2. The first kappa shape index (κ1) is 18.5. The molecule has 2 aromatic rings. The average Bonchev–Trinajstić information content (AvgIpc) is 2.94. The minimum Gasteiger partial charge on any atom is -0.368 e. The van der Waals surface area contributed by atoms with Gasteiger partial charge in [-0.25, -0.2) is 0 Å². The van der Waals surface area contributed by atoms with Crippen LogP contribution in [0, 0.1) is 0 Å². The van der Waals surface area contributed by atoms with Gasteiger partial charge in [0, 0.05) is 24.0 Å². The molecule has 1 amide bonds. The molecule has 3 rings (SSSR count). The van der Waals surface area contributed by atoms with E-state index in [9.17, 15) is 18.0 Å². The topological polar surface area (TPSA) is 86.0 Å². The smallest absolute Gasteiger partial charge is 0.368 e. The molecule has 0 aromatic heterocycles. The molecule has 0 spiro atoms. The van der Waals surface area contributed by atoms with E-state index in [-0.39, 0.29) is 6.54 Å². The van der Waals surface area contributed by atoms with E-state index in [0.717, 1.165) is 12.1 Å². The molecule has 2 aromatic carbocycles. The van der Waals surface area contributed by atoms with E-state index < -0.39 is 17.6 Å². The number of hydrogen-bond acceptors (Lipinski definition) is 6. The molecule has 0 saturated heterocycles. The highest BCUT2D eigenvalue weighted by Gasteiger charge is 2.30. The number of primary amides is 1. The zero-order valence-electron chi connectivity index (χ0n) is 14.3. The quantitative estimate of drug-likeness (QED) is 0.743. The number of anilines is 2. The molecular formula is C17H17F3N6O. The molecular weight excluding hydrogens is 361 g/mol. The van der Waals surface area contributed by atoms with Gasteiger partial charge in [0.05, 0.1) is 5.56 Å². The van der Waals surface area contributed by atoms with E-state index in [1.54, 1.807) is 42.4 Å². The molecule has 1 heterocycles. The van der Waals surface area contributed by atoms with Gasteiger partial charge in [-0.05, 0) is 30.3 Å². The summed E-state index contributed by atoms with van der Waals surface area (Å²) < 4.78 is 38.8. The maximum Gasteiger partial charge on any atom is 0.416 e. The van der Waals surface area contributed by atoms with E-state index in [0.29, 0.717) is 22.8 Å². The van der Waals surface area contributed by atoms with Gasteiger partial charge in [-0.3, -0.25) is 9.80 Å². The van der Waals surface area contributed by atoms with Crippen LogP contribution in [0.2, 0.25) is 0 Å². The monoisotopic (exact) mass is 378 g/mol. The average molecular weight is 378 g/mol. The molecule has 10 heteroatoms. The van der Waals surface area contributed by atoms with Crippen LogP contribution in [0.15, 0.2) is 53.6 Å². The zero-order chi connectivity index (χ0) is 19.6. The lowest BCUT2D eigenvalue weighted by molar-refractivity contribution is -0.137. The third-order valence-electron chi connectivity index (χ3n) is 3.74. The van der Waals surface area contributed by atoms with E-state index in [1.807, 2.05) is 0 Å². The Morgan fingerprint density at radius 1 is 1.22 bits per heavy atom. The van der Waals surface area contributed by atoms with Crippen molar-refractivity contribution in [3.63, 3.8) is 0 Å². The maximum atomic E-state index is 12.9. The highest BCUT2D eigenvalue weighted by Crippen LogP contribution is 2.32. The van der Waals surface area contributed by atoms with Crippen molar-refractivity contribution in [3.8, 4) is 0 Å². The lowest BCUT2D eigenvalue weighted by Crippen LogP contribution is -2.43. The van der Waals surface area contributed by atoms with Gasteiger partial charge in [0.25, 0.3) is 0 Å². The van der Waals surface area contributed by atoms with Crippen LogP contribution >= 0.6 is 0 Å². The Morgan fingerprint density at radius 2 is 1.96 bits per heavy atom. The fourth-order valence-corrected chi connectivity index (χ4v) is 2.59. The highest BCUT2D eigenvalue weighted by molar-refractivity contribution is 6.04. The number of benzene rings is 2. The van der Waals surface area contributed by atoms with Gasteiger partial charge in [-0.15, -0.1) is 10.6 Å². The molecule has 1 aliphatic rings. The Bertz CT molecular complexity index is 883. The number of amides is 1. The van der Waals surface area contributed by atoms with Crippen LogP contribution < -0.4 is 16.6 Å². The summed E-state index contributed by atoms with van der Waals surface area (Å²) in [6.45, 7) is -0.128. The number of halogens is 3. The number of nitrogens with zero attached hydrogens (tertiary/aromatic N) is 3. The molecule has 27 heavy (non-hydrogen) atoms. The van der Waals surface area contributed by atoms with Crippen LogP contribution in [0.25, 0.3) is 0 Å². The Morgan fingerprint density at radius 3 is 2.67 bits per heavy atom. The van der Waals surface area contributed by atoms with Crippen LogP contribution in [-0.4, -0.2) is 35.5 Å². The Labute approximate surface area is 153 Å². The van der Waals surface area contributed by atoms with Crippen molar-refractivity contribution >= 4 is 23.1 Å². The van der Waals surface area contributed by atoms with Gasteiger partial charge in [-0.2, -0.15) is 18.3 Å². The Hall–Kier alpha value is -3.27. The zero-order valence-corrected chi connectivity index (χ0v) is 14.3. The number of nitrogens with two attached hydrogens (primary N) is 1. The SMILES string of the molecule is CN1NN(CC(N)=O)N=C1c1ccccc1Nc1cccc(C(F)(F)F)c1. The number of para-hydroxylation sites is 1. The van der Waals surface area contributed by atoms with Crippen molar-refractivity contribution in [2.45, 2.75) is 6.18 Å². The van der Waals surface area contributed by atoms with Gasteiger partial charge in [0.1, 0.15) is 6.54 Å². The van der Waals surface area contributed by atoms with Crippen LogP contribution in [0.3, 0.4) is 0 Å². The molecule has 0 unspecified atom stereocenters. The molecule has 7 nitrogen and oxygen atoms in total. The molecule has 142 valence electrons. The number of carbonyl (C=O) groups is 1. The summed E-state index contributed by atoms with van der Waals surface area (Å²) in [5.74, 6) is -0.0809. The van der Waals surface area contributed by atoms with E-state index in [1.165, 1.54) is 11.2 Å². The minimum atomic E-state index is -4.42. The Balaban J connectivity index is 1.90. The number of hydrazone groups is 1. The lowest BCUT2D eigenvalue weighted by Gasteiger charge is -2.18. The molecule has 0 fully saturated rings. The summed E-state index contributed by atoms with van der Waals surface area (Å²) in [7, 11) is 1.70. The van der Waals surface area contributed by atoms with Crippen molar-refractivity contribution < 1.29 is 18.0 Å². The second-order valence-electron chi connectivity index (χ2n) is 5.86. The van der Waals surface area contributed by atoms with Crippen molar-refractivity contribution in [1.82, 2.24) is 15.7 Å². The Kier molecular flexibility index (Phi) is 4.91. The fourth-order valence-electron chi connectivity index (χ4n) is 2.59. The van der Waals surface area contributed by atoms with Crippen molar-refractivity contribution in [2.75, 3.05) is 18.9 Å². The third-order valence-corrected chi connectivity index (χ3v) is 3.74. The molecule has 0 aliphatic carbocycles. The maximum absolute atomic E-state index is 12.9. The summed E-state index contributed by atoms with van der Waals surface area (Å²) >= 11 is 0. The van der Waals surface area contributed by atoms with Crippen LogP contribution in [0.1, 0.15) is 11.1 Å². The van der Waals surface area contributed by atoms with Gasteiger partial charge in [0.15, 0.2) is 5.84 Å². The van der Waals surface area contributed by atoms with E-state index >= 15 is 0 Å². The largest absolute Gasteiger partial charge is 0.416 e. The lowest BCUT2D eigenvalue weighted by atomic mass is 10.1. The number of rotatable bonds is 5. The molecule has 0 saturated carbocycles. The number of alkyl halides is 3. The number of amidine groups is 1. The summed E-state index contributed by atoms with van der Waals surface area (Å²) in [5, 5.41) is 10.1. The first-order chi connectivity index (χ1) is 12.7. The van der Waals surface area contributed by atoms with E-state index in [2.05, 4.69) is 16.0 Å². The van der Waals surface area contributed by atoms with Crippen molar-refractivity contribution in [2.24, 2.45) is 10.8 Å². The predicted octanol–water partition coefficient (Wildman–Crippen LogP) is 2.26. The first-order valence-corrected chi connectivity index (χ1v) is 7.92. The third kappa shape index (κ3) is 4.29.